The van der Waals surface area contributed by atoms with Crippen LogP contribution >= 0.6 is 11.3 Å². The zero-order chi connectivity index (χ0) is 20.4. The zero-order valence-electron chi connectivity index (χ0n) is 16.7. The molecule has 0 bridgehead atoms. The van der Waals surface area contributed by atoms with Crippen LogP contribution in [0.5, 0.6) is 0 Å². The molecule has 3 aromatic heterocycles. The summed E-state index contributed by atoms with van der Waals surface area (Å²) in [6.07, 6.45) is 7.30. The van der Waals surface area contributed by atoms with Crippen LogP contribution in [0.25, 0.3) is 0 Å². The standard InChI is InChI=1S/C23H24N4O2S/c28-22-23(29-9-8-27(22)14-19-5-10-30-16-19)17-26(13-18-3-1-6-24-11-18)15-21(23)20-4-2-7-25-12-20/h1-7,10-12,16,21H,8-9,13-15,17H2/t21-,23-/m0/s1. The molecular formula is C23H24N4O2S. The molecule has 1 spiro atoms. The summed E-state index contributed by atoms with van der Waals surface area (Å²) in [5.74, 6) is 0.0307. The van der Waals surface area contributed by atoms with Crippen molar-refractivity contribution in [2.24, 2.45) is 0 Å². The third-order valence-corrected chi connectivity index (χ3v) is 6.73. The Labute approximate surface area is 180 Å². The van der Waals surface area contributed by atoms with Crippen molar-refractivity contribution < 1.29 is 9.53 Å². The molecule has 3 aromatic rings. The number of hydrogen-bond acceptors (Lipinski definition) is 6. The van der Waals surface area contributed by atoms with Crippen LogP contribution in [-0.4, -0.2) is 57.5 Å². The van der Waals surface area contributed by atoms with E-state index in [2.05, 4.69) is 43.8 Å². The maximum atomic E-state index is 13.8. The minimum Gasteiger partial charge on any atom is -0.361 e. The maximum absolute atomic E-state index is 13.8. The van der Waals surface area contributed by atoms with Gasteiger partial charge in [0.1, 0.15) is 0 Å². The lowest BCUT2D eigenvalue weighted by molar-refractivity contribution is -0.173. The topological polar surface area (TPSA) is 58.6 Å². The molecule has 0 N–H and O–H groups in total. The van der Waals surface area contributed by atoms with Gasteiger partial charge in [-0.3, -0.25) is 19.7 Å². The van der Waals surface area contributed by atoms with Gasteiger partial charge in [0.05, 0.1) is 6.61 Å². The fourth-order valence-corrected chi connectivity index (χ4v) is 5.29. The van der Waals surface area contributed by atoms with E-state index >= 15 is 0 Å². The molecular weight excluding hydrogens is 396 g/mol. The lowest BCUT2D eigenvalue weighted by atomic mass is 9.83. The number of amides is 1. The lowest BCUT2D eigenvalue weighted by Gasteiger charge is -2.42. The molecule has 2 atom stereocenters. The van der Waals surface area contributed by atoms with Crippen LogP contribution in [0.4, 0.5) is 0 Å². The van der Waals surface area contributed by atoms with E-state index in [1.807, 2.05) is 29.4 Å². The average molecular weight is 421 g/mol. The Morgan fingerprint density at radius 1 is 1.10 bits per heavy atom. The maximum Gasteiger partial charge on any atom is 0.257 e. The number of pyridine rings is 2. The summed E-state index contributed by atoms with van der Waals surface area (Å²) in [5.41, 5.74) is 2.49. The van der Waals surface area contributed by atoms with Crippen molar-refractivity contribution in [3.05, 3.63) is 82.6 Å². The molecule has 1 amide bonds. The Morgan fingerprint density at radius 2 is 1.97 bits per heavy atom. The summed E-state index contributed by atoms with van der Waals surface area (Å²) in [6, 6.07) is 10.1. The summed E-state index contributed by atoms with van der Waals surface area (Å²) in [4.78, 5) is 26.6. The van der Waals surface area contributed by atoms with E-state index in [1.165, 1.54) is 5.56 Å². The van der Waals surface area contributed by atoms with Gasteiger partial charge in [-0.2, -0.15) is 11.3 Å². The van der Waals surface area contributed by atoms with Gasteiger partial charge in [0.15, 0.2) is 5.60 Å². The Hall–Kier alpha value is -2.61. The molecule has 0 radical (unpaired) electrons. The molecule has 0 aliphatic carbocycles. The average Bonchev–Trinajstić information content (AvgIpc) is 3.41. The Kier molecular flexibility index (Phi) is 5.33. The van der Waals surface area contributed by atoms with Crippen LogP contribution in [0.1, 0.15) is 22.6 Å². The van der Waals surface area contributed by atoms with E-state index in [-0.39, 0.29) is 11.8 Å². The minimum absolute atomic E-state index is 0.0550. The van der Waals surface area contributed by atoms with Gasteiger partial charge in [0.25, 0.3) is 5.91 Å². The van der Waals surface area contributed by atoms with Crippen LogP contribution in [0.3, 0.4) is 0 Å². The Morgan fingerprint density at radius 3 is 2.70 bits per heavy atom. The summed E-state index contributed by atoms with van der Waals surface area (Å²) in [6.45, 7) is 3.87. The predicted molar refractivity (Wildman–Crippen MR) is 115 cm³/mol. The highest BCUT2D eigenvalue weighted by molar-refractivity contribution is 7.07. The highest BCUT2D eigenvalue weighted by Crippen LogP contribution is 2.42. The van der Waals surface area contributed by atoms with E-state index in [4.69, 9.17) is 4.74 Å². The number of likely N-dealkylation sites (tertiary alicyclic amines) is 1. The smallest absolute Gasteiger partial charge is 0.257 e. The first kappa shape index (κ1) is 19.4. The van der Waals surface area contributed by atoms with Gasteiger partial charge in [-0.15, -0.1) is 0 Å². The monoisotopic (exact) mass is 420 g/mol. The van der Waals surface area contributed by atoms with Crippen LogP contribution in [0.15, 0.2) is 65.9 Å². The summed E-state index contributed by atoms with van der Waals surface area (Å²) >= 11 is 1.66. The third kappa shape index (κ3) is 3.64. The summed E-state index contributed by atoms with van der Waals surface area (Å²) in [5, 5.41) is 4.16. The zero-order valence-corrected chi connectivity index (χ0v) is 17.5. The molecule has 0 unspecified atom stereocenters. The number of rotatable bonds is 5. The first-order valence-electron chi connectivity index (χ1n) is 10.2. The number of nitrogens with zero attached hydrogens (tertiary/aromatic N) is 4. The van der Waals surface area contributed by atoms with Gasteiger partial charge >= 0.3 is 0 Å². The van der Waals surface area contributed by atoms with Crippen molar-refractivity contribution in [3.63, 3.8) is 0 Å². The molecule has 0 aromatic carbocycles. The fraction of sp³-hybridized carbons (Fsp3) is 0.348. The molecule has 2 fully saturated rings. The molecule has 7 heteroatoms. The number of thiophene rings is 1. The van der Waals surface area contributed by atoms with Crippen molar-refractivity contribution >= 4 is 17.2 Å². The first-order valence-corrected chi connectivity index (χ1v) is 11.1. The second-order valence-corrected chi connectivity index (χ2v) is 8.75. The number of carbonyl (C=O) groups is 1. The fourth-order valence-electron chi connectivity index (χ4n) is 4.63. The van der Waals surface area contributed by atoms with Crippen molar-refractivity contribution in [2.75, 3.05) is 26.2 Å². The van der Waals surface area contributed by atoms with Crippen molar-refractivity contribution in [3.8, 4) is 0 Å². The van der Waals surface area contributed by atoms with Crippen LogP contribution < -0.4 is 0 Å². The number of hydrogen-bond donors (Lipinski definition) is 0. The predicted octanol–water partition coefficient (Wildman–Crippen LogP) is 2.94. The molecule has 154 valence electrons. The molecule has 2 saturated heterocycles. The highest BCUT2D eigenvalue weighted by Gasteiger charge is 2.56. The van der Waals surface area contributed by atoms with Crippen molar-refractivity contribution in [1.82, 2.24) is 19.8 Å². The normalized spacial score (nSPS) is 24.6. The second-order valence-electron chi connectivity index (χ2n) is 7.97. The SMILES string of the molecule is O=C1N(Cc2ccsc2)CCO[C@]12CN(Cc1cccnc1)C[C@H]2c1cccnc1. The summed E-state index contributed by atoms with van der Waals surface area (Å²) < 4.78 is 6.35. The van der Waals surface area contributed by atoms with Crippen molar-refractivity contribution in [2.45, 2.75) is 24.6 Å². The van der Waals surface area contributed by atoms with Crippen LogP contribution in [0.2, 0.25) is 0 Å². The van der Waals surface area contributed by atoms with Crippen LogP contribution in [-0.2, 0) is 22.6 Å². The number of carbonyl (C=O) groups excluding carboxylic acids is 1. The molecule has 6 nitrogen and oxygen atoms in total. The number of ether oxygens (including phenoxy) is 1. The van der Waals surface area contributed by atoms with E-state index in [0.717, 1.165) is 24.2 Å². The van der Waals surface area contributed by atoms with Crippen molar-refractivity contribution in [1.29, 1.82) is 0 Å². The van der Waals surface area contributed by atoms with Gasteiger partial charge in [0.2, 0.25) is 0 Å². The van der Waals surface area contributed by atoms with E-state index in [0.29, 0.717) is 26.2 Å². The quantitative estimate of drug-likeness (QED) is 0.635. The number of morpholine rings is 1. The van der Waals surface area contributed by atoms with Gasteiger partial charge in [-0.25, -0.2) is 0 Å². The summed E-state index contributed by atoms with van der Waals surface area (Å²) in [7, 11) is 0. The van der Waals surface area contributed by atoms with Gasteiger partial charge in [0, 0.05) is 63.4 Å². The molecule has 2 aliphatic rings. The molecule has 5 heterocycles. The first-order chi connectivity index (χ1) is 14.7. The Bertz CT molecular complexity index is 983. The molecule has 30 heavy (non-hydrogen) atoms. The molecule has 5 rings (SSSR count). The highest BCUT2D eigenvalue weighted by atomic mass is 32.1. The minimum atomic E-state index is -0.875. The van der Waals surface area contributed by atoms with Gasteiger partial charge in [-0.05, 0) is 45.6 Å². The lowest BCUT2D eigenvalue weighted by Crippen LogP contribution is -2.59. The largest absolute Gasteiger partial charge is 0.361 e. The third-order valence-electron chi connectivity index (χ3n) is 6.00. The number of aromatic nitrogens is 2. The Balaban J connectivity index is 1.45. The molecule has 0 saturated carbocycles. The van der Waals surface area contributed by atoms with Crippen LogP contribution in [0, 0.1) is 0 Å². The van der Waals surface area contributed by atoms with Gasteiger partial charge < -0.3 is 9.64 Å². The van der Waals surface area contributed by atoms with Gasteiger partial charge in [-0.1, -0.05) is 12.1 Å². The van der Waals surface area contributed by atoms with E-state index in [1.54, 1.807) is 23.7 Å². The van der Waals surface area contributed by atoms with E-state index in [9.17, 15) is 4.79 Å². The second kappa shape index (κ2) is 8.26. The van der Waals surface area contributed by atoms with E-state index < -0.39 is 5.60 Å². The molecule has 2 aliphatic heterocycles.